The maximum Gasteiger partial charge on any atom is 0.411 e. The van der Waals surface area contributed by atoms with Gasteiger partial charge in [-0.05, 0) is 49.2 Å². The molecule has 1 heterocycles. The predicted octanol–water partition coefficient (Wildman–Crippen LogP) is 4.16. The molecule has 2 aromatic carbocycles. The Kier molecular flexibility index (Phi) is 5.32. The summed E-state index contributed by atoms with van der Waals surface area (Å²) in [7, 11) is 2.90. The Morgan fingerprint density at radius 2 is 1.79 bits per heavy atom. The number of carbonyl (C=O) groups is 1. The minimum Gasteiger partial charge on any atom is -0.465 e. The van der Waals surface area contributed by atoms with Crippen LogP contribution in [0.15, 0.2) is 53.5 Å². The number of benzene rings is 2. The number of aryl methyl sites for hydroxylation is 3. The average molecular weight is 393 g/mol. The number of hydrogen-bond donors (Lipinski definition) is 2. The van der Waals surface area contributed by atoms with Crippen LogP contribution in [0.25, 0.3) is 11.1 Å². The highest BCUT2D eigenvalue weighted by Crippen LogP contribution is 2.37. The highest BCUT2D eigenvalue weighted by Gasteiger charge is 2.18. The lowest BCUT2D eigenvalue weighted by atomic mass is 10.0. The number of hydrogen-bond acceptors (Lipinski definition) is 4. The summed E-state index contributed by atoms with van der Waals surface area (Å²) in [5, 5.41) is 9.30. The molecule has 0 bridgehead atoms. The van der Waals surface area contributed by atoms with Crippen LogP contribution in [0.1, 0.15) is 11.1 Å². The summed E-state index contributed by atoms with van der Waals surface area (Å²) in [6.45, 7) is 3.93. The Morgan fingerprint density at radius 3 is 2.41 bits per heavy atom. The summed E-state index contributed by atoms with van der Waals surface area (Å²) in [6, 6.07) is 12.7. The van der Waals surface area contributed by atoms with E-state index in [9.17, 15) is 14.7 Å². The van der Waals surface area contributed by atoms with Gasteiger partial charge < -0.3 is 20.1 Å². The summed E-state index contributed by atoms with van der Waals surface area (Å²) in [5.41, 5.74) is 9.39. The second-order valence-corrected chi connectivity index (χ2v) is 6.95. The molecule has 3 aromatic rings. The first-order valence-corrected chi connectivity index (χ1v) is 9.00. The number of nitrogens with two attached hydrogens (primary N) is 1. The number of amides is 1. The van der Waals surface area contributed by atoms with Gasteiger partial charge in [-0.3, -0.25) is 9.69 Å². The molecular formula is C22H23N3O4. The average Bonchev–Trinajstić information content (AvgIpc) is 2.67. The van der Waals surface area contributed by atoms with Crippen molar-refractivity contribution in [1.29, 1.82) is 0 Å². The van der Waals surface area contributed by atoms with Crippen LogP contribution >= 0.6 is 0 Å². The first-order chi connectivity index (χ1) is 13.7. The van der Waals surface area contributed by atoms with Crippen molar-refractivity contribution in [3.8, 4) is 22.6 Å². The molecule has 0 fully saturated rings. The van der Waals surface area contributed by atoms with Gasteiger partial charge in [0.25, 0.3) is 5.56 Å². The summed E-state index contributed by atoms with van der Waals surface area (Å²) < 4.78 is 7.57. The third kappa shape index (κ3) is 3.94. The molecule has 0 aliphatic carbocycles. The Labute approximate surface area is 168 Å². The third-order valence-corrected chi connectivity index (χ3v) is 4.75. The van der Waals surface area contributed by atoms with Crippen LogP contribution in [-0.4, -0.2) is 22.8 Å². The topological polar surface area (TPSA) is 97.8 Å². The predicted molar refractivity (Wildman–Crippen MR) is 114 cm³/mol. The van der Waals surface area contributed by atoms with Crippen molar-refractivity contribution < 1.29 is 14.6 Å². The molecule has 0 radical (unpaired) electrons. The smallest absolute Gasteiger partial charge is 0.411 e. The van der Waals surface area contributed by atoms with Crippen molar-refractivity contribution in [1.82, 2.24) is 4.57 Å². The lowest BCUT2D eigenvalue weighted by Crippen LogP contribution is -2.32. The van der Waals surface area contributed by atoms with E-state index in [0.717, 1.165) is 21.8 Å². The zero-order chi connectivity index (χ0) is 21.3. The standard InChI is InChI=1S/C22H23N3O4/c1-13-6-5-7-14(2)20(13)29-19-9-8-16(23)11-17(19)15-10-18(25(4)22(27)28)21(26)24(3)12-15/h5-12H,23H2,1-4H3,(H,27,28). The second-order valence-electron chi connectivity index (χ2n) is 6.95. The molecule has 150 valence electrons. The zero-order valence-corrected chi connectivity index (χ0v) is 16.8. The number of aromatic nitrogens is 1. The number of para-hydroxylation sites is 1. The van der Waals surface area contributed by atoms with Gasteiger partial charge in [-0.1, -0.05) is 18.2 Å². The summed E-state index contributed by atoms with van der Waals surface area (Å²) in [6.07, 6.45) is 0.410. The van der Waals surface area contributed by atoms with Crippen molar-refractivity contribution in [3.05, 3.63) is 70.1 Å². The van der Waals surface area contributed by atoms with Crippen LogP contribution in [0, 0.1) is 13.8 Å². The number of pyridine rings is 1. The van der Waals surface area contributed by atoms with Crippen molar-refractivity contribution in [2.24, 2.45) is 7.05 Å². The van der Waals surface area contributed by atoms with Crippen molar-refractivity contribution >= 4 is 17.5 Å². The number of nitrogen functional groups attached to an aromatic ring is 1. The zero-order valence-electron chi connectivity index (χ0n) is 16.8. The SMILES string of the molecule is Cc1cccc(C)c1Oc1ccc(N)cc1-c1cc(N(C)C(=O)O)c(=O)n(C)c1. The van der Waals surface area contributed by atoms with E-state index in [1.165, 1.54) is 17.7 Å². The Balaban J connectivity index is 2.18. The van der Waals surface area contributed by atoms with Gasteiger partial charge in [0.2, 0.25) is 0 Å². The monoisotopic (exact) mass is 393 g/mol. The maximum absolute atomic E-state index is 12.4. The number of ether oxygens (including phenoxy) is 1. The van der Waals surface area contributed by atoms with Gasteiger partial charge in [-0.15, -0.1) is 0 Å². The van der Waals surface area contributed by atoms with Gasteiger partial charge in [0.15, 0.2) is 0 Å². The van der Waals surface area contributed by atoms with Crippen LogP contribution in [-0.2, 0) is 7.05 Å². The van der Waals surface area contributed by atoms with E-state index in [-0.39, 0.29) is 5.69 Å². The molecule has 0 spiro atoms. The highest BCUT2D eigenvalue weighted by molar-refractivity contribution is 5.87. The van der Waals surface area contributed by atoms with E-state index in [4.69, 9.17) is 10.5 Å². The molecule has 0 saturated carbocycles. The van der Waals surface area contributed by atoms with E-state index < -0.39 is 11.7 Å². The van der Waals surface area contributed by atoms with E-state index in [1.54, 1.807) is 31.4 Å². The largest absolute Gasteiger partial charge is 0.465 e. The normalized spacial score (nSPS) is 10.6. The lowest BCUT2D eigenvalue weighted by Gasteiger charge is -2.18. The molecule has 3 rings (SSSR count). The molecule has 3 N–H and O–H groups in total. The number of anilines is 2. The minimum absolute atomic E-state index is 0.0398. The molecule has 0 aliphatic rings. The van der Waals surface area contributed by atoms with Gasteiger partial charge in [0.05, 0.1) is 0 Å². The fraction of sp³-hybridized carbons (Fsp3) is 0.182. The van der Waals surface area contributed by atoms with E-state index >= 15 is 0 Å². The second kappa shape index (κ2) is 7.71. The van der Waals surface area contributed by atoms with Gasteiger partial charge in [0.1, 0.15) is 17.2 Å². The molecule has 0 atom stereocenters. The van der Waals surface area contributed by atoms with Gasteiger partial charge >= 0.3 is 6.09 Å². The fourth-order valence-electron chi connectivity index (χ4n) is 3.12. The molecular weight excluding hydrogens is 370 g/mol. The fourth-order valence-corrected chi connectivity index (χ4v) is 3.12. The van der Waals surface area contributed by atoms with Crippen molar-refractivity contribution in [3.63, 3.8) is 0 Å². The minimum atomic E-state index is -1.22. The maximum atomic E-state index is 12.4. The van der Waals surface area contributed by atoms with Crippen LogP contribution in [0.3, 0.4) is 0 Å². The molecule has 7 heteroatoms. The number of nitrogens with zero attached hydrogens (tertiary/aromatic N) is 2. The summed E-state index contributed by atoms with van der Waals surface area (Å²) >= 11 is 0. The Morgan fingerprint density at radius 1 is 1.14 bits per heavy atom. The molecule has 0 aliphatic heterocycles. The first-order valence-electron chi connectivity index (χ1n) is 9.00. The van der Waals surface area contributed by atoms with Crippen molar-refractivity contribution in [2.45, 2.75) is 13.8 Å². The van der Waals surface area contributed by atoms with E-state index in [0.29, 0.717) is 22.6 Å². The summed E-state index contributed by atoms with van der Waals surface area (Å²) in [4.78, 5) is 24.7. The number of rotatable bonds is 4. The molecule has 7 nitrogen and oxygen atoms in total. The van der Waals surface area contributed by atoms with Crippen LogP contribution < -0.4 is 20.9 Å². The van der Waals surface area contributed by atoms with Crippen molar-refractivity contribution in [2.75, 3.05) is 17.7 Å². The third-order valence-electron chi connectivity index (χ3n) is 4.75. The van der Waals surface area contributed by atoms with Crippen LogP contribution in [0.4, 0.5) is 16.2 Å². The van der Waals surface area contributed by atoms with Crippen LogP contribution in [0.2, 0.25) is 0 Å². The molecule has 1 amide bonds. The quantitative estimate of drug-likeness (QED) is 0.649. The van der Waals surface area contributed by atoms with E-state index in [1.807, 2.05) is 32.0 Å². The van der Waals surface area contributed by atoms with Crippen LogP contribution in [0.5, 0.6) is 11.5 Å². The Bertz CT molecular complexity index is 1130. The summed E-state index contributed by atoms with van der Waals surface area (Å²) in [5.74, 6) is 1.30. The van der Waals surface area contributed by atoms with Gasteiger partial charge in [0, 0.05) is 37.1 Å². The molecule has 0 unspecified atom stereocenters. The molecule has 29 heavy (non-hydrogen) atoms. The Hall–Kier alpha value is -3.74. The highest BCUT2D eigenvalue weighted by atomic mass is 16.5. The number of carboxylic acid groups (broad SMARTS) is 1. The van der Waals surface area contributed by atoms with Gasteiger partial charge in [-0.2, -0.15) is 0 Å². The molecule has 1 aromatic heterocycles. The first kappa shape index (κ1) is 20.0. The van der Waals surface area contributed by atoms with E-state index in [2.05, 4.69) is 0 Å². The molecule has 0 saturated heterocycles. The lowest BCUT2D eigenvalue weighted by molar-refractivity contribution is 0.203. The van der Waals surface area contributed by atoms with Gasteiger partial charge in [-0.25, -0.2) is 4.79 Å².